The van der Waals surface area contributed by atoms with E-state index in [2.05, 4.69) is 76.9 Å². The first-order valence-electron chi connectivity index (χ1n) is 12.2. The molecule has 4 aromatic rings. The van der Waals surface area contributed by atoms with E-state index < -0.39 is 5.79 Å². The van der Waals surface area contributed by atoms with Crippen molar-refractivity contribution < 1.29 is 9.47 Å². The molecule has 0 fully saturated rings. The number of benzene rings is 2. The van der Waals surface area contributed by atoms with Crippen molar-refractivity contribution in [1.29, 1.82) is 0 Å². The molecule has 4 rings (SSSR count). The monoisotopic (exact) mass is 487 g/mol. The smallest absolute Gasteiger partial charge is 0.231 e. The van der Waals surface area contributed by atoms with Gasteiger partial charge in [0.05, 0.1) is 6.54 Å². The van der Waals surface area contributed by atoms with Gasteiger partial charge in [0.25, 0.3) is 0 Å². The van der Waals surface area contributed by atoms with Gasteiger partial charge in [-0.05, 0) is 52.1 Å². The van der Waals surface area contributed by atoms with Gasteiger partial charge in [0.1, 0.15) is 0 Å². The van der Waals surface area contributed by atoms with Crippen LogP contribution in [-0.4, -0.2) is 49.6 Å². The lowest BCUT2D eigenvalue weighted by atomic mass is 10.0. The minimum atomic E-state index is -0.949. The van der Waals surface area contributed by atoms with Crippen LogP contribution in [0.5, 0.6) is 0 Å². The van der Waals surface area contributed by atoms with E-state index in [1.165, 1.54) is 11.1 Å². The van der Waals surface area contributed by atoms with Gasteiger partial charge in [-0.2, -0.15) is 0 Å². The van der Waals surface area contributed by atoms with Crippen LogP contribution >= 0.6 is 0 Å². The number of H-pyrrole nitrogens is 1. The highest BCUT2D eigenvalue weighted by Gasteiger charge is 2.36. The average Bonchev–Trinajstić information content (AvgIpc) is 3.58. The number of rotatable bonds is 12. The number of methoxy groups -OCH3 is 2. The Morgan fingerprint density at radius 1 is 1.00 bits per heavy atom. The highest BCUT2D eigenvalue weighted by molar-refractivity contribution is 5.55. The molecule has 0 spiro atoms. The Bertz CT molecular complexity index is 1260. The third-order valence-electron chi connectivity index (χ3n) is 6.09. The van der Waals surface area contributed by atoms with Gasteiger partial charge in [-0.3, -0.25) is 0 Å². The maximum atomic E-state index is 5.74. The van der Waals surface area contributed by atoms with E-state index in [4.69, 9.17) is 19.6 Å². The molecular weight excluding hydrogens is 454 g/mol. The van der Waals surface area contributed by atoms with Crippen molar-refractivity contribution in [2.75, 3.05) is 14.2 Å². The molecule has 0 aliphatic rings. The maximum absolute atomic E-state index is 5.74. The van der Waals surface area contributed by atoms with Crippen LogP contribution in [0.3, 0.4) is 0 Å². The fourth-order valence-corrected chi connectivity index (χ4v) is 4.17. The van der Waals surface area contributed by atoms with Gasteiger partial charge in [0, 0.05) is 26.2 Å². The number of hydrogen-bond donors (Lipinski definition) is 1. The number of nitrogens with zero attached hydrogens (tertiary/aromatic N) is 6. The van der Waals surface area contributed by atoms with Crippen molar-refractivity contribution in [3.63, 3.8) is 0 Å². The molecule has 1 N–H and O–H groups in total. The molecule has 0 aliphatic heterocycles. The molecular formula is C27H33N7O2. The number of hydrogen-bond acceptors (Lipinski definition) is 7. The molecule has 0 bridgehead atoms. The Morgan fingerprint density at radius 2 is 1.78 bits per heavy atom. The van der Waals surface area contributed by atoms with Crippen LogP contribution in [0, 0.1) is 0 Å². The van der Waals surface area contributed by atoms with Gasteiger partial charge >= 0.3 is 0 Å². The normalized spacial score (nSPS) is 12.0. The Morgan fingerprint density at radius 3 is 2.44 bits per heavy atom. The first-order valence-corrected chi connectivity index (χ1v) is 12.2. The van der Waals surface area contributed by atoms with Crippen LogP contribution in [0.4, 0.5) is 0 Å². The summed E-state index contributed by atoms with van der Waals surface area (Å²) < 4.78 is 13.4. The second-order valence-electron chi connectivity index (χ2n) is 8.62. The van der Waals surface area contributed by atoms with Crippen LogP contribution in [0.25, 0.3) is 17.5 Å². The van der Waals surface area contributed by atoms with E-state index in [-0.39, 0.29) is 0 Å². The minimum Gasteiger partial charge on any atom is -0.347 e. The van der Waals surface area contributed by atoms with Crippen molar-refractivity contribution in [3.05, 3.63) is 82.9 Å². The lowest BCUT2D eigenvalue weighted by Gasteiger charge is -2.27. The standard InChI is InChI=1S/C27H33N7O2/c1-5-7-11-24-28-26(27(35-3,36-4)16-6-2)31-34(24)19-21-14-12-20(13-15-21)17-22-9-8-10-23(18-22)25-29-32-33-30-25/h7-15,18H,5-6,16-17,19H2,1-4H3,(H,29,30,32,33)/b11-7+. The summed E-state index contributed by atoms with van der Waals surface area (Å²) in [7, 11) is 3.27. The second-order valence-corrected chi connectivity index (χ2v) is 8.62. The second kappa shape index (κ2) is 11.8. The average molecular weight is 488 g/mol. The molecule has 0 saturated carbocycles. The predicted molar refractivity (Wildman–Crippen MR) is 138 cm³/mol. The molecule has 2 aromatic carbocycles. The summed E-state index contributed by atoms with van der Waals surface area (Å²) in [6.07, 6.45) is 7.37. The predicted octanol–water partition coefficient (Wildman–Crippen LogP) is 4.77. The van der Waals surface area contributed by atoms with E-state index >= 15 is 0 Å². The van der Waals surface area contributed by atoms with E-state index in [9.17, 15) is 0 Å². The topological polar surface area (TPSA) is 104 Å². The fourth-order valence-electron chi connectivity index (χ4n) is 4.17. The Hall–Kier alpha value is -3.69. The lowest BCUT2D eigenvalue weighted by molar-refractivity contribution is -0.225. The van der Waals surface area contributed by atoms with Gasteiger partial charge in [0.15, 0.2) is 11.6 Å². The van der Waals surface area contributed by atoms with Crippen molar-refractivity contribution in [3.8, 4) is 11.4 Å². The molecule has 0 amide bonds. The number of allylic oxidation sites excluding steroid dienone is 1. The zero-order valence-corrected chi connectivity index (χ0v) is 21.3. The summed E-state index contributed by atoms with van der Waals surface area (Å²) in [5.41, 5.74) is 4.52. The van der Waals surface area contributed by atoms with Crippen LogP contribution in [0.2, 0.25) is 0 Å². The molecule has 9 nitrogen and oxygen atoms in total. The quantitative estimate of drug-likeness (QED) is 0.287. The minimum absolute atomic E-state index is 0.545. The Balaban J connectivity index is 1.53. The van der Waals surface area contributed by atoms with E-state index in [1.54, 1.807) is 14.2 Å². The number of aromatic amines is 1. The van der Waals surface area contributed by atoms with Gasteiger partial charge < -0.3 is 9.47 Å². The Labute approximate surface area is 211 Å². The molecule has 2 heterocycles. The van der Waals surface area contributed by atoms with Crippen molar-refractivity contribution in [2.45, 2.75) is 51.9 Å². The van der Waals surface area contributed by atoms with E-state index in [0.29, 0.717) is 24.6 Å². The number of ether oxygens (including phenoxy) is 2. The van der Waals surface area contributed by atoms with Crippen molar-refractivity contribution >= 4 is 6.08 Å². The van der Waals surface area contributed by atoms with Gasteiger partial charge in [-0.25, -0.2) is 14.8 Å². The summed E-state index contributed by atoms with van der Waals surface area (Å²) in [5.74, 6) is 1.04. The van der Waals surface area contributed by atoms with Crippen LogP contribution in [-0.2, 0) is 28.2 Å². The van der Waals surface area contributed by atoms with Crippen LogP contribution in [0.15, 0.2) is 54.6 Å². The number of tetrazole rings is 1. The lowest BCUT2D eigenvalue weighted by Crippen LogP contribution is -2.32. The maximum Gasteiger partial charge on any atom is 0.231 e. The molecule has 0 atom stereocenters. The molecule has 9 heteroatoms. The van der Waals surface area contributed by atoms with Crippen LogP contribution < -0.4 is 0 Å². The number of nitrogens with one attached hydrogen (secondary N) is 1. The number of aromatic nitrogens is 7. The SMILES string of the molecule is CC/C=C/c1nc(C(CCC)(OC)OC)nn1Cc1ccc(Cc2cccc(-c3nnn[nH]3)c2)cc1. The molecule has 0 aliphatic carbocycles. The third-order valence-corrected chi connectivity index (χ3v) is 6.09. The zero-order chi connectivity index (χ0) is 25.4. The molecule has 188 valence electrons. The molecule has 0 saturated heterocycles. The molecule has 2 aromatic heterocycles. The fraction of sp³-hybridized carbons (Fsp3) is 0.370. The van der Waals surface area contributed by atoms with E-state index in [1.807, 2.05) is 22.9 Å². The van der Waals surface area contributed by atoms with Crippen molar-refractivity contribution in [2.24, 2.45) is 0 Å². The highest BCUT2D eigenvalue weighted by Crippen LogP contribution is 2.29. The van der Waals surface area contributed by atoms with Gasteiger partial charge in [0.2, 0.25) is 11.6 Å². The Kier molecular flexibility index (Phi) is 8.35. The summed E-state index contributed by atoms with van der Waals surface area (Å²) >= 11 is 0. The van der Waals surface area contributed by atoms with Crippen LogP contribution in [0.1, 0.15) is 61.4 Å². The van der Waals surface area contributed by atoms with Crippen molar-refractivity contribution in [1.82, 2.24) is 35.4 Å². The summed E-state index contributed by atoms with van der Waals surface area (Å²) in [5, 5.41) is 18.9. The zero-order valence-electron chi connectivity index (χ0n) is 21.3. The van der Waals surface area contributed by atoms with Gasteiger partial charge in [-0.1, -0.05) is 68.8 Å². The summed E-state index contributed by atoms with van der Waals surface area (Å²) in [6, 6.07) is 16.8. The van der Waals surface area contributed by atoms with Gasteiger partial charge in [-0.15, -0.1) is 10.2 Å². The first-order chi connectivity index (χ1) is 17.6. The third kappa shape index (κ3) is 5.75. The molecule has 36 heavy (non-hydrogen) atoms. The molecule has 0 radical (unpaired) electrons. The summed E-state index contributed by atoms with van der Waals surface area (Å²) in [6.45, 7) is 4.78. The summed E-state index contributed by atoms with van der Waals surface area (Å²) in [4.78, 5) is 4.78. The largest absolute Gasteiger partial charge is 0.347 e. The molecule has 0 unspecified atom stereocenters. The van der Waals surface area contributed by atoms with E-state index in [0.717, 1.165) is 36.2 Å². The highest BCUT2D eigenvalue weighted by atomic mass is 16.7. The first kappa shape index (κ1) is 25.4.